The Kier molecular flexibility index (Phi) is 5.05. The monoisotopic (exact) mass is 445 g/mol. The first-order valence-corrected chi connectivity index (χ1v) is 10.7. The van der Waals surface area contributed by atoms with Crippen LogP contribution in [0, 0.1) is 6.92 Å². The van der Waals surface area contributed by atoms with Crippen molar-refractivity contribution >= 4 is 34.5 Å². The van der Waals surface area contributed by atoms with Gasteiger partial charge in [-0.2, -0.15) is 4.68 Å². The van der Waals surface area contributed by atoms with Gasteiger partial charge in [-0.25, -0.2) is 4.98 Å². The lowest BCUT2D eigenvalue weighted by atomic mass is 10.2. The highest BCUT2D eigenvalue weighted by molar-refractivity contribution is 7.99. The smallest absolute Gasteiger partial charge is 0.266 e. The van der Waals surface area contributed by atoms with Crippen LogP contribution in [-0.2, 0) is 0 Å². The summed E-state index contributed by atoms with van der Waals surface area (Å²) in [6.45, 7) is 2.03. The van der Waals surface area contributed by atoms with Gasteiger partial charge >= 0.3 is 0 Å². The normalized spacial score (nSPS) is 11.2. The largest absolute Gasteiger partial charge is 0.288 e. The predicted octanol–water partition coefficient (Wildman–Crippen LogP) is 5.08. The zero-order valence-corrected chi connectivity index (χ0v) is 18.0. The van der Waals surface area contributed by atoms with E-state index in [0.29, 0.717) is 21.5 Å². The van der Waals surface area contributed by atoms with Crippen LogP contribution in [0.15, 0.2) is 93.7 Å². The summed E-state index contributed by atoms with van der Waals surface area (Å²) in [4.78, 5) is 19.3. The molecule has 2 heterocycles. The van der Waals surface area contributed by atoms with Crippen LogP contribution in [0.5, 0.6) is 0 Å². The van der Waals surface area contributed by atoms with E-state index in [0.717, 1.165) is 16.1 Å². The average Bonchev–Trinajstić information content (AvgIpc) is 3.21. The lowest BCUT2D eigenvalue weighted by Gasteiger charge is -2.12. The molecule has 0 spiro atoms. The zero-order valence-electron chi connectivity index (χ0n) is 16.4. The molecule has 31 heavy (non-hydrogen) atoms. The molecule has 0 unspecified atom stereocenters. The highest BCUT2D eigenvalue weighted by Crippen LogP contribution is 2.29. The third-order valence-corrected chi connectivity index (χ3v) is 5.98. The second kappa shape index (κ2) is 8.02. The van der Waals surface area contributed by atoms with Gasteiger partial charge in [-0.3, -0.25) is 9.36 Å². The minimum atomic E-state index is -0.288. The zero-order chi connectivity index (χ0) is 21.4. The number of fused-ring (bicyclic) bond motifs is 1. The molecular formula is C23H16ClN5OS. The van der Waals surface area contributed by atoms with Crippen LogP contribution in [0.1, 0.15) is 5.56 Å². The molecular weight excluding hydrogens is 430 g/mol. The van der Waals surface area contributed by atoms with Gasteiger partial charge in [0.25, 0.3) is 5.56 Å². The second-order valence-corrected chi connectivity index (χ2v) is 8.41. The van der Waals surface area contributed by atoms with Crippen molar-refractivity contribution in [3.8, 4) is 11.4 Å². The summed E-state index contributed by atoms with van der Waals surface area (Å²) >= 11 is 7.46. The Morgan fingerprint density at radius 3 is 2.29 bits per heavy atom. The summed E-state index contributed by atoms with van der Waals surface area (Å²) in [5.74, 6) is 0. The van der Waals surface area contributed by atoms with Crippen molar-refractivity contribution in [2.24, 2.45) is 0 Å². The van der Waals surface area contributed by atoms with Gasteiger partial charge in [0.2, 0.25) is 0 Å². The molecule has 3 aromatic carbocycles. The van der Waals surface area contributed by atoms with Gasteiger partial charge in [-0.1, -0.05) is 64.5 Å². The van der Waals surface area contributed by atoms with Crippen LogP contribution in [-0.4, -0.2) is 24.5 Å². The molecule has 0 bridgehead atoms. The number of para-hydroxylation sites is 1. The Balaban J connectivity index is 1.75. The van der Waals surface area contributed by atoms with Crippen LogP contribution in [0.25, 0.3) is 22.5 Å². The van der Waals surface area contributed by atoms with Gasteiger partial charge < -0.3 is 0 Å². The summed E-state index contributed by atoms with van der Waals surface area (Å²) in [5, 5.41) is 9.44. The van der Waals surface area contributed by atoms with Crippen LogP contribution in [0.2, 0.25) is 5.02 Å². The van der Waals surface area contributed by atoms with E-state index in [1.807, 2.05) is 61.5 Å². The van der Waals surface area contributed by atoms with E-state index in [9.17, 15) is 4.79 Å². The third kappa shape index (κ3) is 3.73. The van der Waals surface area contributed by atoms with E-state index in [-0.39, 0.29) is 11.1 Å². The molecule has 0 aliphatic rings. The van der Waals surface area contributed by atoms with E-state index >= 15 is 0 Å². The van der Waals surface area contributed by atoms with E-state index < -0.39 is 0 Å². The molecule has 0 amide bonds. The molecule has 2 aromatic heterocycles. The third-order valence-electron chi connectivity index (χ3n) is 4.76. The topological polar surface area (TPSA) is 65.6 Å². The molecule has 6 nitrogen and oxygen atoms in total. The van der Waals surface area contributed by atoms with Crippen LogP contribution >= 0.6 is 23.4 Å². The first kappa shape index (κ1) is 19.5. The fourth-order valence-corrected chi connectivity index (χ4v) is 4.21. The highest BCUT2D eigenvalue weighted by Gasteiger charge is 2.19. The highest BCUT2D eigenvalue weighted by atomic mass is 35.5. The van der Waals surface area contributed by atoms with Gasteiger partial charge in [0.15, 0.2) is 16.3 Å². The molecule has 0 aliphatic heterocycles. The maximum Gasteiger partial charge on any atom is 0.288 e. The summed E-state index contributed by atoms with van der Waals surface area (Å²) in [6.07, 6.45) is 0. The molecule has 152 valence electrons. The molecule has 5 rings (SSSR count). The number of hydrogen-bond acceptors (Lipinski definition) is 5. The van der Waals surface area contributed by atoms with E-state index in [1.165, 1.54) is 11.8 Å². The molecule has 8 heteroatoms. The van der Waals surface area contributed by atoms with E-state index in [1.54, 1.807) is 33.5 Å². The molecule has 0 radical (unpaired) electrons. The van der Waals surface area contributed by atoms with Gasteiger partial charge in [-0.05, 0) is 55.5 Å². The molecule has 0 saturated heterocycles. The van der Waals surface area contributed by atoms with Gasteiger partial charge in [0, 0.05) is 9.92 Å². The molecule has 0 N–H and O–H groups in total. The number of nitrogens with zero attached hydrogens (tertiary/aromatic N) is 5. The molecule has 0 fully saturated rings. The van der Waals surface area contributed by atoms with Crippen molar-refractivity contribution in [3.05, 3.63) is 99.8 Å². The Morgan fingerprint density at radius 1 is 0.871 bits per heavy atom. The van der Waals surface area contributed by atoms with Crippen molar-refractivity contribution in [2.75, 3.05) is 0 Å². The minimum absolute atomic E-state index is 0.201. The van der Waals surface area contributed by atoms with Crippen molar-refractivity contribution in [3.63, 3.8) is 0 Å². The summed E-state index contributed by atoms with van der Waals surface area (Å²) < 4.78 is 3.13. The number of aryl methyl sites for hydroxylation is 1. The van der Waals surface area contributed by atoms with Crippen LogP contribution in [0.3, 0.4) is 0 Å². The fraction of sp³-hybridized carbons (Fsp3) is 0.0435. The summed E-state index contributed by atoms with van der Waals surface area (Å²) in [7, 11) is 0. The quantitative estimate of drug-likeness (QED) is 0.361. The Labute approximate surface area is 187 Å². The Hall–Kier alpha value is -3.42. The lowest BCUT2D eigenvalue weighted by molar-refractivity contribution is 0.794. The van der Waals surface area contributed by atoms with Crippen molar-refractivity contribution in [2.45, 2.75) is 17.0 Å². The standard InChI is InChI=1S/C23H16ClN5OS/c1-15-7-13-19(14-8-15)31-23-25-21-20(26-27-29(21)18-5-3-2-4-6-18)22(30)28(23)17-11-9-16(24)10-12-17/h2-14H,1H3. The van der Waals surface area contributed by atoms with Crippen molar-refractivity contribution in [1.82, 2.24) is 24.5 Å². The van der Waals surface area contributed by atoms with Crippen molar-refractivity contribution < 1.29 is 0 Å². The van der Waals surface area contributed by atoms with Crippen LogP contribution < -0.4 is 5.56 Å². The summed E-state index contributed by atoms with van der Waals surface area (Å²) in [5.41, 5.74) is 2.93. The maximum atomic E-state index is 13.5. The minimum Gasteiger partial charge on any atom is -0.266 e. The lowest BCUT2D eigenvalue weighted by Crippen LogP contribution is -2.22. The Morgan fingerprint density at radius 2 is 1.58 bits per heavy atom. The average molecular weight is 446 g/mol. The van der Waals surface area contributed by atoms with Crippen LogP contribution in [0.4, 0.5) is 0 Å². The first-order chi connectivity index (χ1) is 15.1. The number of halogens is 1. The number of rotatable bonds is 4. The van der Waals surface area contributed by atoms with Crippen molar-refractivity contribution in [1.29, 1.82) is 0 Å². The van der Waals surface area contributed by atoms with Gasteiger partial charge in [-0.15, -0.1) is 5.10 Å². The first-order valence-electron chi connectivity index (χ1n) is 9.54. The van der Waals surface area contributed by atoms with Gasteiger partial charge in [0.05, 0.1) is 11.4 Å². The summed E-state index contributed by atoms with van der Waals surface area (Å²) in [6, 6.07) is 24.7. The molecule has 0 aliphatic carbocycles. The molecule has 0 atom stereocenters. The van der Waals surface area contributed by atoms with E-state index in [2.05, 4.69) is 10.3 Å². The predicted molar refractivity (Wildman–Crippen MR) is 123 cm³/mol. The number of benzene rings is 3. The van der Waals surface area contributed by atoms with Gasteiger partial charge in [0.1, 0.15) is 0 Å². The maximum absolute atomic E-state index is 13.5. The Bertz CT molecular complexity index is 1430. The number of hydrogen-bond donors (Lipinski definition) is 0. The second-order valence-electron chi connectivity index (χ2n) is 6.94. The fourth-order valence-electron chi connectivity index (χ4n) is 3.19. The molecule has 5 aromatic rings. The number of aromatic nitrogens is 5. The van der Waals surface area contributed by atoms with E-state index in [4.69, 9.17) is 16.6 Å². The SMILES string of the molecule is Cc1ccc(Sc2nc3c(nnn3-c3ccccc3)c(=O)n2-c2ccc(Cl)cc2)cc1. The molecule has 0 saturated carbocycles.